The first-order valence-electron chi connectivity index (χ1n) is 9.77. The summed E-state index contributed by atoms with van der Waals surface area (Å²) in [5, 5.41) is 8.74. The van der Waals surface area contributed by atoms with Crippen LogP contribution in [0.25, 0.3) is 0 Å². The third-order valence-electron chi connectivity index (χ3n) is 3.84. The molecule has 3 nitrogen and oxygen atoms in total. The molecule has 0 aromatic heterocycles. The van der Waals surface area contributed by atoms with Crippen LogP contribution in [0.15, 0.2) is 24.3 Å². The van der Waals surface area contributed by atoms with Crippen LogP contribution in [-0.2, 0) is 6.54 Å². The van der Waals surface area contributed by atoms with Crippen molar-refractivity contribution in [2.45, 2.75) is 72.3 Å². The summed E-state index contributed by atoms with van der Waals surface area (Å²) in [5.41, 5.74) is 1.34. The van der Waals surface area contributed by atoms with Crippen molar-refractivity contribution in [2.75, 3.05) is 26.8 Å². The van der Waals surface area contributed by atoms with Gasteiger partial charge in [-0.1, -0.05) is 58.6 Å². The van der Waals surface area contributed by atoms with E-state index in [1.54, 1.807) is 0 Å². The lowest BCUT2D eigenvalue weighted by molar-refractivity contribution is 0.280. The van der Waals surface area contributed by atoms with Crippen LogP contribution < -0.4 is 4.74 Å². The molecule has 0 spiro atoms. The van der Waals surface area contributed by atoms with Crippen molar-refractivity contribution in [3.05, 3.63) is 29.8 Å². The average molecular weight is 338 g/mol. The number of benzene rings is 1. The maximum atomic E-state index is 8.74. The zero-order valence-electron chi connectivity index (χ0n) is 16.4. The van der Waals surface area contributed by atoms with E-state index in [1.807, 2.05) is 13.8 Å². The quantitative estimate of drug-likeness (QED) is 0.498. The number of rotatable bonds is 13. The molecule has 3 heteroatoms. The van der Waals surface area contributed by atoms with Crippen molar-refractivity contribution >= 4 is 0 Å². The molecule has 1 N–H and O–H groups in total. The number of ether oxygens (including phenoxy) is 1. The Morgan fingerprint density at radius 3 is 2.17 bits per heavy atom. The van der Waals surface area contributed by atoms with Crippen LogP contribution in [0.1, 0.15) is 71.3 Å². The Morgan fingerprint density at radius 1 is 0.917 bits per heavy atom. The Labute approximate surface area is 150 Å². The second kappa shape index (κ2) is 16.8. The van der Waals surface area contributed by atoms with Crippen LogP contribution in [0.5, 0.6) is 5.75 Å². The van der Waals surface area contributed by atoms with Crippen molar-refractivity contribution in [3.8, 4) is 5.75 Å². The molecule has 0 unspecified atom stereocenters. The minimum Gasteiger partial charge on any atom is -0.494 e. The van der Waals surface area contributed by atoms with Crippen molar-refractivity contribution in [2.24, 2.45) is 0 Å². The van der Waals surface area contributed by atoms with Crippen LogP contribution in [0.3, 0.4) is 0 Å². The third kappa shape index (κ3) is 12.4. The summed E-state index contributed by atoms with van der Waals surface area (Å²) in [5.74, 6) is 0.976. The molecule has 0 heterocycles. The number of nitrogens with zero attached hydrogens (tertiary/aromatic N) is 1. The van der Waals surface area contributed by atoms with Gasteiger partial charge in [0.1, 0.15) is 5.75 Å². The lowest BCUT2D eigenvalue weighted by Gasteiger charge is -2.17. The molecule has 1 aromatic carbocycles. The highest BCUT2D eigenvalue weighted by Crippen LogP contribution is 2.14. The molecule has 0 fully saturated rings. The van der Waals surface area contributed by atoms with Gasteiger partial charge in [-0.05, 0) is 50.6 Å². The van der Waals surface area contributed by atoms with E-state index < -0.39 is 0 Å². The van der Waals surface area contributed by atoms with E-state index in [0.717, 1.165) is 44.7 Å². The summed E-state index contributed by atoms with van der Waals surface area (Å²) in [7, 11) is 2.18. The fraction of sp³-hybridized carbons (Fsp3) is 0.714. The maximum Gasteiger partial charge on any atom is 0.119 e. The predicted molar refractivity (Wildman–Crippen MR) is 105 cm³/mol. The van der Waals surface area contributed by atoms with Gasteiger partial charge in [-0.3, -0.25) is 0 Å². The van der Waals surface area contributed by atoms with E-state index in [9.17, 15) is 0 Å². The number of aliphatic hydroxyl groups is 1. The summed E-state index contributed by atoms with van der Waals surface area (Å²) in [4.78, 5) is 2.37. The average Bonchev–Trinajstić information content (AvgIpc) is 2.61. The van der Waals surface area contributed by atoms with Gasteiger partial charge in [0, 0.05) is 13.2 Å². The Kier molecular flexibility index (Phi) is 16.0. The summed E-state index contributed by atoms with van der Waals surface area (Å²) >= 11 is 0. The van der Waals surface area contributed by atoms with Gasteiger partial charge in [0.05, 0.1) is 6.61 Å². The first kappa shape index (κ1) is 22.9. The Morgan fingerprint density at radius 2 is 1.54 bits per heavy atom. The highest BCUT2D eigenvalue weighted by atomic mass is 16.5. The molecule has 0 aliphatic heterocycles. The molecule has 0 amide bonds. The molecule has 0 aliphatic rings. The molecule has 0 bridgehead atoms. The summed E-state index contributed by atoms with van der Waals surface area (Å²) < 4.78 is 5.69. The van der Waals surface area contributed by atoms with E-state index >= 15 is 0 Å². The fourth-order valence-electron chi connectivity index (χ4n) is 2.44. The van der Waals surface area contributed by atoms with E-state index in [4.69, 9.17) is 9.84 Å². The molecule has 0 saturated heterocycles. The van der Waals surface area contributed by atoms with E-state index in [-0.39, 0.29) is 0 Å². The van der Waals surface area contributed by atoms with Crippen LogP contribution in [0.4, 0.5) is 0 Å². The summed E-state index contributed by atoms with van der Waals surface area (Å²) in [6.07, 6.45) is 8.11. The zero-order valence-corrected chi connectivity index (χ0v) is 16.4. The smallest absolute Gasteiger partial charge is 0.119 e. The normalized spacial score (nSPS) is 10.4. The second-order valence-corrected chi connectivity index (χ2v) is 6.08. The van der Waals surface area contributed by atoms with Crippen LogP contribution in [-0.4, -0.2) is 36.8 Å². The van der Waals surface area contributed by atoms with Gasteiger partial charge in [-0.15, -0.1) is 0 Å². The van der Waals surface area contributed by atoms with E-state index in [2.05, 4.69) is 43.1 Å². The molecule has 0 radical (unpaired) electrons. The first-order chi connectivity index (χ1) is 11.8. The highest BCUT2D eigenvalue weighted by molar-refractivity contribution is 5.27. The minimum atomic E-state index is 0.331. The number of hydrogen-bond donors (Lipinski definition) is 1. The number of unbranched alkanes of at least 4 members (excludes halogenated alkanes) is 5. The Hall–Kier alpha value is -1.06. The van der Waals surface area contributed by atoms with E-state index in [0.29, 0.717) is 6.61 Å². The van der Waals surface area contributed by atoms with Crippen molar-refractivity contribution in [3.63, 3.8) is 0 Å². The second-order valence-electron chi connectivity index (χ2n) is 6.08. The fourth-order valence-corrected chi connectivity index (χ4v) is 2.44. The van der Waals surface area contributed by atoms with E-state index in [1.165, 1.54) is 31.2 Å². The van der Waals surface area contributed by atoms with Crippen molar-refractivity contribution < 1.29 is 9.84 Å². The summed E-state index contributed by atoms with van der Waals surface area (Å²) in [6.45, 7) is 9.44. The molecule has 1 rings (SSSR count). The Bertz CT molecular complexity index is 365. The van der Waals surface area contributed by atoms with Gasteiger partial charge in [0.2, 0.25) is 0 Å². The Balaban J connectivity index is 0.00000254. The largest absolute Gasteiger partial charge is 0.494 e. The minimum absolute atomic E-state index is 0.331. The van der Waals surface area contributed by atoms with Crippen molar-refractivity contribution in [1.29, 1.82) is 0 Å². The van der Waals surface area contributed by atoms with Crippen molar-refractivity contribution in [1.82, 2.24) is 4.90 Å². The zero-order chi connectivity index (χ0) is 18.0. The third-order valence-corrected chi connectivity index (χ3v) is 3.84. The standard InChI is InChI=1S/C19H33NO2.C2H6/c1-3-4-16-22-19-12-10-18(11-13-19)17-20(2)14-8-6-5-7-9-15-21;1-2/h10-13,21H,3-9,14-17H2,1-2H3;1-2H3. The first-order valence-corrected chi connectivity index (χ1v) is 9.77. The molecule has 1 aromatic rings. The maximum absolute atomic E-state index is 8.74. The number of aliphatic hydroxyl groups excluding tert-OH is 1. The number of hydrogen-bond acceptors (Lipinski definition) is 3. The van der Waals surface area contributed by atoms with Gasteiger partial charge < -0.3 is 14.7 Å². The SMILES string of the molecule is CC.CCCCOc1ccc(CN(C)CCCCCCCO)cc1. The molecule has 0 aliphatic carbocycles. The molecule has 0 atom stereocenters. The predicted octanol–water partition coefficient (Wildman–Crippen LogP) is 5.27. The lowest BCUT2D eigenvalue weighted by Crippen LogP contribution is -2.19. The van der Waals surface area contributed by atoms with Gasteiger partial charge in [-0.2, -0.15) is 0 Å². The molecule has 0 saturated carbocycles. The molecular formula is C21H39NO2. The van der Waals surface area contributed by atoms with Gasteiger partial charge >= 0.3 is 0 Å². The van der Waals surface area contributed by atoms with Crippen LogP contribution in [0.2, 0.25) is 0 Å². The topological polar surface area (TPSA) is 32.7 Å². The van der Waals surface area contributed by atoms with Crippen LogP contribution >= 0.6 is 0 Å². The molecular weight excluding hydrogens is 298 g/mol. The monoisotopic (exact) mass is 337 g/mol. The highest BCUT2D eigenvalue weighted by Gasteiger charge is 2.01. The van der Waals surface area contributed by atoms with Crippen LogP contribution in [0, 0.1) is 0 Å². The van der Waals surface area contributed by atoms with Gasteiger partial charge in [-0.25, -0.2) is 0 Å². The summed E-state index contributed by atoms with van der Waals surface area (Å²) in [6, 6.07) is 8.49. The lowest BCUT2D eigenvalue weighted by atomic mass is 10.1. The van der Waals surface area contributed by atoms with Gasteiger partial charge in [0.25, 0.3) is 0 Å². The molecule has 140 valence electrons. The van der Waals surface area contributed by atoms with Gasteiger partial charge in [0.15, 0.2) is 0 Å². The molecule has 24 heavy (non-hydrogen) atoms.